The molecule has 0 saturated carbocycles. The van der Waals surface area contributed by atoms with Crippen LogP contribution >= 0.6 is 11.6 Å². The maximum absolute atomic E-state index is 5.60. The smallest absolute Gasteiger partial charge is 0.0235 e. The normalized spacial score (nSPS) is 10.6. The zero-order valence-corrected chi connectivity index (χ0v) is 10.9. The van der Waals surface area contributed by atoms with Gasteiger partial charge in [-0.05, 0) is 43.5 Å². The summed E-state index contributed by atoms with van der Waals surface area (Å²) >= 11 is 5.60. The Morgan fingerprint density at radius 2 is 1.62 bits per heavy atom. The predicted molar refractivity (Wildman–Crippen MR) is 72.3 cm³/mol. The van der Waals surface area contributed by atoms with E-state index in [0.29, 0.717) is 0 Å². The minimum Gasteiger partial charge on any atom is -0.316 e. The topological polar surface area (TPSA) is 12.0 Å². The quantitative estimate of drug-likeness (QED) is 0.542. The number of hydrogen-bond donors (Lipinski definition) is 1. The molecule has 0 amide bonds. The first-order chi connectivity index (χ1) is 7.86. The fraction of sp³-hybridized carbons (Fsp3) is 0.571. The summed E-state index contributed by atoms with van der Waals surface area (Å²) in [5.74, 6) is 0.749. The number of rotatable bonds is 8. The highest BCUT2D eigenvalue weighted by Gasteiger charge is 1.94. The lowest BCUT2D eigenvalue weighted by Crippen LogP contribution is -2.18. The van der Waals surface area contributed by atoms with E-state index in [1.54, 1.807) is 0 Å². The van der Waals surface area contributed by atoms with Gasteiger partial charge in [0.2, 0.25) is 0 Å². The van der Waals surface area contributed by atoms with Gasteiger partial charge in [-0.3, -0.25) is 0 Å². The molecule has 2 heteroatoms. The zero-order valence-electron chi connectivity index (χ0n) is 10.1. The van der Waals surface area contributed by atoms with Crippen LogP contribution in [-0.4, -0.2) is 19.0 Å². The summed E-state index contributed by atoms with van der Waals surface area (Å²) in [5, 5.41) is 3.39. The van der Waals surface area contributed by atoms with Crippen molar-refractivity contribution in [3.05, 3.63) is 35.4 Å². The number of alkyl halides is 1. The van der Waals surface area contributed by atoms with E-state index >= 15 is 0 Å². The zero-order chi connectivity index (χ0) is 11.6. The van der Waals surface area contributed by atoms with Crippen molar-refractivity contribution in [3.8, 4) is 0 Å². The van der Waals surface area contributed by atoms with Gasteiger partial charge in [0.05, 0.1) is 0 Å². The summed E-state index contributed by atoms with van der Waals surface area (Å²) in [4.78, 5) is 0. The van der Waals surface area contributed by atoms with Gasteiger partial charge in [-0.25, -0.2) is 0 Å². The first kappa shape index (κ1) is 13.5. The molecule has 1 N–H and O–H groups in total. The lowest BCUT2D eigenvalue weighted by Gasteiger charge is -2.05. The summed E-state index contributed by atoms with van der Waals surface area (Å²) < 4.78 is 0. The van der Waals surface area contributed by atoms with Crippen molar-refractivity contribution in [3.63, 3.8) is 0 Å². The van der Waals surface area contributed by atoms with Crippen LogP contribution in [-0.2, 0) is 12.8 Å². The maximum Gasteiger partial charge on any atom is 0.0235 e. The number of halogens is 1. The van der Waals surface area contributed by atoms with Crippen molar-refractivity contribution in [2.75, 3.05) is 19.0 Å². The Morgan fingerprint density at radius 1 is 1.00 bits per heavy atom. The molecular weight excluding hydrogens is 218 g/mol. The number of nitrogens with one attached hydrogen (secondary N) is 1. The highest BCUT2D eigenvalue weighted by Crippen LogP contribution is 2.06. The van der Waals surface area contributed by atoms with Crippen LogP contribution < -0.4 is 5.32 Å². The van der Waals surface area contributed by atoms with Crippen molar-refractivity contribution in [1.29, 1.82) is 0 Å². The third-order valence-electron chi connectivity index (χ3n) is 2.64. The molecular formula is C14H22ClN. The van der Waals surface area contributed by atoms with Crippen molar-refractivity contribution in [2.45, 2.75) is 32.6 Å². The molecule has 0 fully saturated rings. The van der Waals surface area contributed by atoms with E-state index in [9.17, 15) is 0 Å². The Balaban J connectivity index is 2.21. The second-order valence-corrected chi connectivity index (χ2v) is 4.49. The molecule has 0 bridgehead atoms. The Labute approximate surface area is 104 Å². The van der Waals surface area contributed by atoms with Crippen molar-refractivity contribution < 1.29 is 0 Å². The molecule has 0 spiro atoms. The van der Waals surface area contributed by atoms with Gasteiger partial charge < -0.3 is 5.32 Å². The summed E-state index contributed by atoms with van der Waals surface area (Å²) in [5.41, 5.74) is 2.86. The SMILES string of the molecule is CCCc1ccc(CCNCCCCl)cc1. The second-order valence-electron chi connectivity index (χ2n) is 4.11. The van der Waals surface area contributed by atoms with Gasteiger partial charge in [0.25, 0.3) is 0 Å². The standard InChI is InChI=1S/C14H22ClN/c1-2-4-13-5-7-14(8-6-13)9-12-16-11-3-10-15/h5-8,16H,2-4,9-12H2,1H3. The van der Waals surface area contributed by atoms with E-state index in [1.165, 1.54) is 24.0 Å². The lowest BCUT2D eigenvalue weighted by molar-refractivity contribution is 0.673. The van der Waals surface area contributed by atoms with E-state index in [-0.39, 0.29) is 0 Å². The van der Waals surface area contributed by atoms with Crippen molar-refractivity contribution in [2.24, 2.45) is 0 Å². The molecule has 90 valence electrons. The molecule has 0 aliphatic carbocycles. The van der Waals surface area contributed by atoms with Crippen LogP contribution in [0.4, 0.5) is 0 Å². The van der Waals surface area contributed by atoms with Crippen LogP contribution in [0.3, 0.4) is 0 Å². The van der Waals surface area contributed by atoms with E-state index < -0.39 is 0 Å². The van der Waals surface area contributed by atoms with Gasteiger partial charge in [-0.2, -0.15) is 0 Å². The maximum atomic E-state index is 5.60. The molecule has 0 heterocycles. The molecule has 0 radical (unpaired) electrons. The predicted octanol–water partition coefficient (Wildman–Crippen LogP) is 3.40. The van der Waals surface area contributed by atoms with E-state index in [2.05, 4.69) is 36.5 Å². The monoisotopic (exact) mass is 239 g/mol. The number of aryl methyl sites for hydroxylation is 1. The van der Waals surface area contributed by atoms with Crippen molar-refractivity contribution >= 4 is 11.6 Å². The minimum absolute atomic E-state index is 0.749. The number of hydrogen-bond acceptors (Lipinski definition) is 1. The average Bonchev–Trinajstić information content (AvgIpc) is 2.31. The highest BCUT2D eigenvalue weighted by atomic mass is 35.5. The van der Waals surface area contributed by atoms with Gasteiger partial charge in [-0.15, -0.1) is 11.6 Å². The summed E-state index contributed by atoms with van der Waals surface area (Å²) in [6.07, 6.45) is 4.57. The molecule has 0 unspecified atom stereocenters. The lowest BCUT2D eigenvalue weighted by atomic mass is 10.1. The highest BCUT2D eigenvalue weighted by molar-refractivity contribution is 6.17. The summed E-state index contributed by atoms with van der Waals surface area (Å²) in [6.45, 7) is 4.29. The second kappa shape index (κ2) is 8.60. The Bertz CT molecular complexity index is 269. The van der Waals surface area contributed by atoms with Gasteiger partial charge in [0, 0.05) is 5.88 Å². The molecule has 0 saturated heterocycles. The van der Waals surface area contributed by atoms with Gasteiger partial charge in [0.1, 0.15) is 0 Å². The molecule has 0 aliphatic heterocycles. The fourth-order valence-electron chi connectivity index (χ4n) is 1.71. The summed E-state index contributed by atoms with van der Waals surface area (Å²) in [7, 11) is 0. The first-order valence-corrected chi connectivity index (χ1v) is 6.74. The van der Waals surface area contributed by atoms with Crippen LogP contribution in [0.2, 0.25) is 0 Å². The van der Waals surface area contributed by atoms with Gasteiger partial charge in [-0.1, -0.05) is 37.6 Å². The van der Waals surface area contributed by atoms with Crippen LogP contribution in [0, 0.1) is 0 Å². The molecule has 1 rings (SSSR count). The van der Waals surface area contributed by atoms with Crippen molar-refractivity contribution in [1.82, 2.24) is 5.32 Å². The molecule has 0 aromatic heterocycles. The van der Waals surface area contributed by atoms with Gasteiger partial charge in [0.15, 0.2) is 0 Å². The molecule has 0 atom stereocenters. The van der Waals surface area contributed by atoms with E-state index in [4.69, 9.17) is 11.6 Å². The Kier molecular flexibility index (Phi) is 7.28. The Morgan fingerprint density at radius 3 is 2.19 bits per heavy atom. The Hall–Kier alpha value is -0.530. The average molecular weight is 240 g/mol. The molecule has 1 aromatic rings. The third kappa shape index (κ3) is 5.53. The van der Waals surface area contributed by atoms with E-state index in [1.807, 2.05) is 0 Å². The first-order valence-electron chi connectivity index (χ1n) is 6.21. The number of benzene rings is 1. The molecule has 0 aliphatic rings. The molecule has 1 nitrogen and oxygen atoms in total. The van der Waals surface area contributed by atoms with Gasteiger partial charge >= 0.3 is 0 Å². The minimum atomic E-state index is 0.749. The molecule has 1 aromatic carbocycles. The summed E-state index contributed by atoms with van der Waals surface area (Å²) in [6, 6.07) is 8.98. The molecule has 16 heavy (non-hydrogen) atoms. The largest absolute Gasteiger partial charge is 0.316 e. The van der Waals surface area contributed by atoms with Crippen LogP contribution in [0.1, 0.15) is 30.9 Å². The fourth-order valence-corrected chi connectivity index (χ4v) is 1.84. The van der Waals surface area contributed by atoms with Crippen LogP contribution in [0.15, 0.2) is 24.3 Å². The van der Waals surface area contributed by atoms with Crippen LogP contribution in [0.25, 0.3) is 0 Å². The third-order valence-corrected chi connectivity index (χ3v) is 2.91. The van der Waals surface area contributed by atoms with Crippen LogP contribution in [0.5, 0.6) is 0 Å². The van der Waals surface area contributed by atoms with E-state index in [0.717, 1.165) is 31.8 Å².